The molecule has 21 heavy (non-hydrogen) atoms. The Balaban J connectivity index is 2.31. The third-order valence-corrected chi connectivity index (χ3v) is 3.10. The van der Waals surface area contributed by atoms with Crippen molar-refractivity contribution in [1.29, 1.82) is 0 Å². The molecule has 2 aromatic rings. The first-order valence-electron chi connectivity index (χ1n) is 7.10. The Morgan fingerprint density at radius 1 is 1.38 bits per heavy atom. The number of carbonyl (C=O) groups is 1. The molecule has 0 aliphatic heterocycles. The van der Waals surface area contributed by atoms with Gasteiger partial charge in [-0.1, -0.05) is 13.3 Å². The van der Waals surface area contributed by atoms with Gasteiger partial charge in [0.1, 0.15) is 12.3 Å². The number of fused-ring (bicyclic) bond motifs is 1. The van der Waals surface area contributed by atoms with E-state index in [9.17, 15) is 4.79 Å². The molecule has 0 fully saturated rings. The van der Waals surface area contributed by atoms with Crippen molar-refractivity contribution in [2.24, 2.45) is 0 Å². The number of aryl methyl sites for hydroxylation is 1. The molecule has 5 nitrogen and oxygen atoms in total. The van der Waals surface area contributed by atoms with Gasteiger partial charge in [-0.05, 0) is 37.6 Å². The first-order chi connectivity index (χ1) is 10.1. The Morgan fingerprint density at radius 3 is 2.90 bits per heavy atom. The molecule has 0 radical (unpaired) electrons. The number of anilines is 1. The van der Waals surface area contributed by atoms with E-state index in [2.05, 4.69) is 17.2 Å². The zero-order valence-corrected chi connectivity index (χ0v) is 12.3. The number of ether oxygens (including phenoxy) is 1. The second kappa shape index (κ2) is 6.92. The maximum Gasteiger partial charge on any atom is 0.322 e. The van der Waals surface area contributed by atoms with Gasteiger partial charge in [-0.3, -0.25) is 9.78 Å². The smallest absolute Gasteiger partial charge is 0.322 e. The Hall–Kier alpha value is -2.30. The van der Waals surface area contributed by atoms with Crippen LogP contribution in [-0.2, 0) is 4.79 Å². The van der Waals surface area contributed by atoms with Crippen LogP contribution >= 0.6 is 0 Å². The summed E-state index contributed by atoms with van der Waals surface area (Å²) in [7, 11) is 0. The maximum atomic E-state index is 10.7. The van der Waals surface area contributed by atoms with Crippen molar-refractivity contribution in [2.75, 3.05) is 18.5 Å². The van der Waals surface area contributed by atoms with Gasteiger partial charge in [0.05, 0.1) is 12.1 Å². The molecule has 0 aliphatic carbocycles. The van der Waals surface area contributed by atoms with Crippen molar-refractivity contribution in [2.45, 2.75) is 26.7 Å². The van der Waals surface area contributed by atoms with Crippen molar-refractivity contribution < 1.29 is 14.6 Å². The molecule has 5 heteroatoms. The lowest BCUT2D eigenvalue weighted by molar-refractivity contribution is -0.134. The van der Waals surface area contributed by atoms with E-state index < -0.39 is 5.97 Å². The number of rotatable bonds is 7. The number of carboxylic acid groups (broad SMARTS) is 1. The molecule has 1 heterocycles. The lowest BCUT2D eigenvalue weighted by Gasteiger charge is -2.11. The minimum Gasteiger partial charge on any atom is -0.494 e. The standard InChI is InChI=1S/C16H20N2O3/c1-3-4-7-21-12-5-6-14-13(9-12)15(8-11(2)18-14)17-10-16(19)20/h5-6,8-9H,3-4,7,10H2,1-2H3,(H,17,18)(H,19,20). The number of aliphatic carboxylic acids is 1. The third kappa shape index (κ3) is 4.08. The predicted octanol–water partition coefficient (Wildman–Crippen LogP) is 3.22. The fourth-order valence-electron chi connectivity index (χ4n) is 2.08. The summed E-state index contributed by atoms with van der Waals surface area (Å²) >= 11 is 0. The number of aromatic nitrogens is 1. The fraction of sp³-hybridized carbons (Fsp3) is 0.375. The van der Waals surface area contributed by atoms with Gasteiger partial charge in [-0.2, -0.15) is 0 Å². The maximum absolute atomic E-state index is 10.7. The lowest BCUT2D eigenvalue weighted by Crippen LogP contribution is -2.12. The zero-order valence-electron chi connectivity index (χ0n) is 12.3. The molecule has 0 saturated heterocycles. The minimum atomic E-state index is -0.895. The second-order valence-corrected chi connectivity index (χ2v) is 4.94. The van der Waals surface area contributed by atoms with Crippen LogP contribution in [0.1, 0.15) is 25.5 Å². The van der Waals surface area contributed by atoms with Crippen molar-refractivity contribution in [3.63, 3.8) is 0 Å². The van der Waals surface area contributed by atoms with Crippen LogP contribution in [0.25, 0.3) is 10.9 Å². The Kier molecular flexibility index (Phi) is 4.98. The molecular weight excluding hydrogens is 268 g/mol. The highest BCUT2D eigenvalue weighted by Gasteiger charge is 2.07. The van der Waals surface area contributed by atoms with Gasteiger partial charge in [0, 0.05) is 16.8 Å². The van der Waals surface area contributed by atoms with Crippen LogP contribution in [0.4, 0.5) is 5.69 Å². The summed E-state index contributed by atoms with van der Waals surface area (Å²) in [6, 6.07) is 7.55. The van der Waals surface area contributed by atoms with E-state index in [1.54, 1.807) is 0 Å². The summed E-state index contributed by atoms with van der Waals surface area (Å²) in [5, 5.41) is 12.6. The molecule has 0 unspecified atom stereocenters. The van der Waals surface area contributed by atoms with Crippen LogP contribution in [0, 0.1) is 6.92 Å². The van der Waals surface area contributed by atoms with Gasteiger partial charge in [0.25, 0.3) is 0 Å². The number of hydrogen-bond donors (Lipinski definition) is 2. The van der Waals surface area contributed by atoms with Gasteiger partial charge in [-0.15, -0.1) is 0 Å². The lowest BCUT2D eigenvalue weighted by atomic mass is 10.1. The van der Waals surface area contributed by atoms with E-state index in [0.717, 1.165) is 40.9 Å². The fourth-order valence-corrected chi connectivity index (χ4v) is 2.08. The third-order valence-electron chi connectivity index (χ3n) is 3.10. The number of nitrogens with one attached hydrogen (secondary N) is 1. The molecule has 0 spiro atoms. The average Bonchev–Trinajstić information content (AvgIpc) is 2.45. The summed E-state index contributed by atoms with van der Waals surface area (Å²) in [5.41, 5.74) is 2.43. The van der Waals surface area contributed by atoms with Gasteiger partial charge in [0.2, 0.25) is 0 Å². The monoisotopic (exact) mass is 288 g/mol. The molecule has 1 aromatic carbocycles. The highest BCUT2D eigenvalue weighted by atomic mass is 16.5. The zero-order chi connectivity index (χ0) is 15.2. The van der Waals surface area contributed by atoms with Gasteiger partial charge in [-0.25, -0.2) is 0 Å². The minimum absolute atomic E-state index is 0.126. The van der Waals surface area contributed by atoms with E-state index in [4.69, 9.17) is 9.84 Å². The molecular formula is C16H20N2O3. The van der Waals surface area contributed by atoms with Crippen LogP contribution in [0.5, 0.6) is 5.75 Å². The van der Waals surface area contributed by atoms with Crippen LogP contribution in [0.3, 0.4) is 0 Å². The normalized spacial score (nSPS) is 10.6. The molecule has 0 amide bonds. The van der Waals surface area contributed by atoms with E-state index in [0.29, 0.717) is 6.61 Å². The molecule has 2 rings (SSSR count). The Labute approximate surface area is 124 Å². The number of benzene rings is 1. The SMILES string of the molecule is CCCCOc1ccc2nc(C)cc(NCC(=O)O)c2c1. The first kappa shape index (κ1) is 15.1. The highest BCUT2D eigenvalue weighted by Crippen LogP contribution is 2.27. The van der Waals surface area contributed by atoms with Gasteiger partial charge in [0.15, 0.2) is 0 Å². The van der Waals surface area contributed by atoms with Gasteiger partial charge >= 0.3 is 5.97 Å². The second-order valence-electron chi connectivity index (χ2n) is 4.94. The molecule has 0 bridgehead atoms. The van der Waals surface area contributed by atoms with Crippen molar-refractivity contribution in [1.82, 2.24) is 4.98 Å². The van der Waals surface area contributed by atoms with Crippen molar-refractivity contribution in [3.05, 3.63) is 30.0 Å². The van der Waals surface area contributed by atoms with Crippen LogP contribution in [0.15, 0.2) is 24.3 Å². The van der Waals surface area contributed by atoms with E-state index >= 15 is 0 Å². The van der Waals surface area contributed by atoms with E-state index in [1.807, 2.05) is 31.2 Å². The molecule has 0 atom stereocenters. The first-order valence-corrected chi connectivity index (χ1v) is 7.10. The summed E-state index contributed by atoms with van der Waals surface area (Å²) in [5.74, 6) is -0.118. The van der Waals surface area contributed by atoms with Crippen LogP contribution in [-0.4, -0.2) is 29.2 Å². The Morgan fingerprint density at radius 2 is 2.19 bits per heavy atom. The number of nitrogens with zero attached hydrogens (tertiary/aromatic N) is 1. The summed E-state index contributed by atoms with van der Waals surface area (Å²) in [6.45, 7) is 4.56. The number of hydrogen-bond acceptors (Lipinski definition) is 4. The van der Waals surface area contributed by atoms with Gasteiger partial charge < -0.3 is 15.2 Å². The predicted molar refractivity (Wildman–Crippen MR) is 83.0 cm³/mol. The Bertz CT molecular complexity index is 641. The van der Waals surface area contributed by atoms with Crippen LogP contribution in [0.2, 0.25) is 0 Å². The van der Waals surface area contributed by atoms with E-state index in [-0.39, 0.29) is 6.54 Å². The number of unbranched alkanes of at least 4 members (excludes halogenated alkanes) is 1. The van der Waals surface area contributed by atoms with Crippen LogP contribution < -0.4 is 10.1 Å². The number of pyridine rings is 1. The quantitative estimate of drug-likeness (QED) is 0.765. The molecule has 2 N–H and O–H groups in total. The highest BCUT2D eigenvalue weighted by molar-refractivity contribution is 5.93. The summed E-state index contributed by atoms with van der Waals surface area (Å²) in [4.78, 5) is 15.2. The molecule has 1 aromatic heterocycles. The van der Waals surface area contributed by atoms with Crippen molar-refractivity contribution >= 4 is 22.6 Å². The molecule has 112 valence electrons. The van der Waals surface area contributed by atoms with E-state index in [1.165, 1.54) is 0 Å². The average molecular weight is 288 g/mol. The van der Waals surface area contributed by atoms with Crippen molar-refractivity contribution in [3.8, 4) is 5.75 Å². The molecule has 0 aliphatic rings. The number of carboxylic acids is 1. The largest absolute Gasteiger partial charge is 0.494 e. The summed E-state index contributed by atoms with van der Waals surface area (Å²) < 4.78 is 5.69. The summed E-state index contributed by atoms with van der Waals surface area (Å²) in [6.07, 6.45) is 2.09. The molecule has 0 saturated carbocycles. The topological polar surface area (TPSA) is 71.5 Å².